The van der Waals surface area contributed by atoms with Crippen molar-refractivity contribution in [3.63, 3.8) is 0 Å². The number of rotatable bonds is 4. The van der Waals surface area contributed by atoms with E-state index in [-0.39, 0.29) is 17.1 Å². The number of hydrogen-bond acceptors (Lipinski definition) is 1. The van der Waals surface area contributed by atoms with Gasteiger partial charge in [0.05, 0.1) is 6.10 Å². The minimum Gasteiger partial charge on any atom is -0.354 e. The molecular weight excluding hydrogens is 304 g/mol. The van der Waals surface area contributed by atoms with Gasteiger partial charge in [-0.3, -0.25) is 0 Å². The number of unbranched alkanes of at least 4 members (excludes halogenated alkanes) is 1. The summed E-state index contributed by atoms with van der Waals surface area (Å²) in [6, 6.07) is 11.0. The number of fused-ring (bicyclic) bond motifs is 2. The first-order chi connectivity index (χ1) is 12.3. The highest BCUT2D eigenvalue weighted by Crippen LogP contribution is 2.60. The van der Waals surface area contributed by atoms with E-state index >= 15 is 0 Å². The van der Waals surface area contributed by atoms with E-state index in [2.05, 4.69) is 79.8 Å². The molecule has 2 bridgehead atoms. The molecule has 0 N–H and O–H groups in total. The number of hydrogen-bond donors (Lipinski definition) is 0. The van der Waals surface area contributed by atoms with Crippen LogP contribution < -0.4 is 0 Å². The van der Waals surface area contributed by atoms with Crippen molar-refractivity contribution in [3.05, 3.63) is 95.1 Å². The van der Waals surface area contributed by atoms with Gasteiger partial charge in [-0.1, -0.05) is 80.5 Å². The van der Waals surface area contributed by atoms with Crippen LogP contribution >= 0.6 is 0 Å². The Bertz CT molecular complexity index is 851. The van der Waals surface area contributed by atoms with Gasteiger partial charge in [-0.05, 0) is 47.3 Å². The van der Waals surface area contributed by atoms with Gasteiger partial charge in [0, 0.05) is 5.41 Å². The van der Waals surface area contributed by atoms with Gasteiger partial charge in [0.15, 0.2) is 0 Å². The number of allylic oxidation sites excluding steroid dienone is 6. The highest BCUT2D eigenvalue weighted by atomic mass is 16.5. The normalized spacial score (nSPS) is 34.3. The zero-order valence-electron chi connectivity index (χ0n) is 14.7. The molecular formula is C24H24O. The van der Waals surface area contributed by atoms with Crippen LogP contribution in [0.1, 0.15) is 38.2 Å². The predicted molar refractivity (Wildman–Crippen MR) is 102 cm³/mol. The minimum atomic E-state index is -0.327. The molecule has 1 heteroatoms. The summed E-state index contributed by atoms with van der Waals surface area (Å²) in [4.78, 5) is 0. The molecule has 4 aliphatic rings. The Labute approximate surface area is 150 Å². The predicted octanol–water partition coefficient (Wildman–Crippen LogP) is 5.57. The molecule has 0 radical (unpaired) electrons. The summed E-state index contributed by atoms with van der Waals surface area (Å²) < 4.78 is 6.67. The fraction of sp³-hybridized carbons (Fsp3) is 0.333. The average molecular weight is 328 g/mol. The second-order valence-corrected chi connectivity index (χ2v) is 7.61. The van der Waals surface area contributed by atoms with Crippen LogP contribution in [0.25, 0.3) is 0 Å². The largest absolute Gasteiger partial charge is 0.354 e. The zero-order valence-corrected chi connectivity index (χ0v) is 14.7. The van der Waals surface area contributed by atoms with Crippen molar-refractivity contribution >= 4 is 0 Å². The zero-order chi connectivity index (χ0) is 16.9. The lowest BCUT2D eigenvalue weighted by Gasteiger charge is -2.40. The molecule has 5 rings (SSSR count). The third-order valence-electron chi connectivity index (χ3n) is 6.25. The van der Waals surface area contributed by atoms with Gasteiger partial charge in [0.1, 0.15) is 5.60 Å². The summed E-state index contributed by atoms with van der Waals surface area (Å²) in [6.45, 7) is 2.28. The topological polar surface area (TPSA) is 9.23 Å². The molecule has 2 heterocycles. The summed E-state index contributed by atoms with van der Waals surface area (Å²) >= 11 is 0. The smallest absolute Gasteiger partial charge is 0.128 e. The second-order valence-electron chi connectivity index (χ2n) is 7.61. The molecule has 0 amide bonds. The fourth-order valence-electron chi connectivity index (χ4n) is 5.06. The van der Waals surface area contributed by atoms with Crippen molar-refractivity contribution in [3.8, 4) is 0 Å². The van der Waals surface area contributed by atoms with E-state index in [1.807, 2.05) is 0 Å². The first-order valence-corrected chi connectivity index (χ1v) is 9.53. The van der Waals surface area contributed by atoms with Crippen LogP contribution in [0.2, 0.25) is 0 Å². The van der Waals surface area contributed by atoms with Crippen LogP contribution in [0, 0.1) is 0 Å². The summed E-state index contributed by atoms with van der Waals surface area (Å²) in [6.07, 6.45) is 20.8. The van der Waals surface area contributed by atoms with E-state index in [1.54, 1.807) is 0 Å². The molecule has 1 nitrogen and oxygen atoms in total. The SMILES string of the molecule is CCCCC1(c2ccccc2)C2=CC3=CC=CCC3=CC23C=CC1O3. The molecule has 0 saturated carbocycles. The number of benzene rings is 1. The highest BCUT2D eigenvalue weighted by molar-refractivity contribution is 5.65. The van der Waals surface area contributed by atoms with Crippen LogP contribution in [0.3, 0.4) is 0 Å². The molecule has 3 unspecified atom stereocenters. The van der Waals surface area contributed by atoms with Gasteiger partial charge in [-0.25, -0.2) is 0 Å². The Balaban J connectivity index is 1.73. The minimum absolute atomic E-state index is 0.0317. The quantitative estimate of drug-likeness (QED) is 0.656. The van der Waals surface area contributed by atoms with Crippen molar-refractivity contribution in [1.82, 2.24) is 0 Å². The molecule has 126 valence electrons. The third kappa shape index (κ3) is 1.99. The Morgan fingerprint density at radius 1 is 1.20 bits per heavy atom. The van der Waals surface area contributed by atoms with Gasteiger partial charge in [0.25, 0.3) is 0 Å². The lowest BCUT2D eigenvalue weighted by Crippen LogP contribution is -2.40. The molecule has 1 spiro atoms. The van der Waals surface area contributed by atoms with Crippen LogP contribution in [0.4, 0.5) is 0 Å². The average Bonchev–Trinajstić information content (AvgIpc) is 3.19. The number of ether oxygens (including phenoxy) is 1. The maximum absolute atomic E-state index is 6.67. The molecule has 2 aliphatic carbocycles. The Kier molecular flexibility index (Phi) is 3.30. The molecule has 3 atom stereocenters. The highest BCUT2D eigenvalue weighted by Gasteiger charge is 2.61. The molecule has 0 aromatic heterocycles. The van der Waals surface area contributed by atoms with Crippen LogP contribution in [-0.4, -0.2) is 11.7 Å². The van der Waals surface area contributed by atoms with Gasteiger partial charge in [-0.2, -0.15) is 0 Å². The first kappa shape index (κ1) is 15.2. The molecule has 1 fully saturated rings. The van der Waals surface area contributed by atoms with Gasteiger partial charge >= 0.3 is 0 Å². The summed E-state index contributed by atoms with van der Waals surface area (Å²) in [7, 11) is 0. The lowest BCUT2D eigenvalue weighted by atomic mass is 9.60. The van der Waals surface area contributed by atoms with Crippen LogP contribution in [0.5, 0.6) is 0 Å². The van der Waals surface area contributed by atoms with Crippen molar-refractivity contribution < 1.29 is 4.74 Å². The van der Waals surface area contributed by atoms with E-state index in [1.165, 1.54) is 35.1 Å². The van der Waals surface area contributed by atoms with E-state index in [0.717, 1.165) is 12.8 Å². The van der Waals surface area contributed by atoms with E-state index < -0.39 is 0 Å². The monoisotopic (exact) mass is 328 g/mol. The van der Waals surface area contributed by atoms with Crippen LogP contribution in [-0.2, 0) is 10.2 Å². The van der Waals surface area contributed by atoms with E-state index in [4.69, 9.17) is 4.74 Å². The van der Waals surface area contributed by atoms with E-state index in [9.17, 15) is 0 Å². The van der Waals surface area contributed by atoms with Crippen LogP contribution in [0.15, 0.2) is 89.6 Å². The summed E-state index contributed by atoms with van der Waals surface area (Å²) in [5, 5.41) is 0. The molecule has 2 aliphatic heterocycles. The Hall–Kier alpha value is -2.12. The van der Waals surface area contributed by atoms with E-state index in [0.29, 0.717) is 0 Å². The molecule has 1 saturated heterocycles. The maximum atomic E-state index is 6.67. The third-order valence-corrected chi connectivity index (χ3v) is 6.25. The lowest BCUT2D eigenvalue weighted by molar-refractivity contribution is 0.0594. The summed E-state index contributed by atoms with van der Waals surface area (Å²) in [5.74, 6) is 0. The van der Waals surface area contributed by atoms with Gasteiger partial charge in [-0.15, -0.1) is 0 Å². The van der Waals surface area contributed by atoms with Crippen molar-refractivity contribution in [1.29, 1.82) is 0 Å². The summed E-state index contributed by atoms with van der Waals surface area (Å²) in [5.41, 5.74) is 5.25. The van der Waals surface area contributed by atoms with Gasteiger partial charge in [0.2, 0.25) is 0 Å². The molecule has 25 heavy (non-hydrogen) atoms. The van der Waals surface area contributed by atoms with Gasteiger partial charge < -0.3 is 4.74 Å². The second kappa shape index (κ2) is 5.44. The fourth-order valence-corrected chi connectivity index (χ4v) is 5.06. The van der Waals surface area contributed by atoms with Crippen molar-refractivity contribution in [2.24, 2.45) is 0 Å². The first-order valence-electron chi connectivity index (χ1n) is 9.53. The molecule has 1 aromatic rings. The standard InChI is InChI=1S/C24H24O/c1-2-3-14-24(20-11-5-4-6-12-20)21-16-18-9-7-8-10-19(18)17-23(21)15-13-22(24)25-23/h4-9,11-13,15-17,22H,2-3,10,14H2,1H3. The molecule has 1 aromatic carbocycles. The Morgan fingerprint density at radius 2 is 2.08 bits per heavy atom. The van der Waals surface area contributed by atoms with Crippen molar-refractivity contribution in [2.75, 3.05) is 0 Å². The Morgan fingerprint density at radius 3 is 2.92 bits per heavy atom. The maximum Gasteiger partial charge on any atom is 0.128 e. The van der Waals surface area contributed by atoms with Crippen molar-refractivity contribution in [2.45, 2.75) is 49.7 Å².